The van der Waals surface area contributed by atoms with E-state index in [0.717, 1.165) is 43.4 Å². The summed E-state index contributed by atoms with van der Waals surface area (Å²) in [6, 6.07) is 20.1. The van der Waals surface area contributed by atoms with Gasteiger partial charge in [0.1, 0.15) is 5.82 Å². The minimum atomic E-state index is -0.244. The van der Waals surface area contributed by atoms with Gasteiger partial charge in [0.15, 0.2) is 0 Å². The number of aryl methyl sites for hydroxylation is 2. The van der Waals surface area contributed by atoms with Crippen LogP contribution < -0.4 is 0 Å². The van der Waals surface area contributed by atoms with Crippen molar-refractivity contribution < 1.29 is 4.39 Å². The number of nitrogens with zero attached hydrogens (tertiary/aromatic N) is 1. The molecule has 2 nitrogen and oxygen atoms in total. The van der Waals surface area contributed by atoms with Gasteiger partial charge in [-0.2, -0.15) is 0 Å². The summed E-state index contributed by atoms with van der Waals surface area (Å²) in [6.07, 6.45) is 7.39. The third kappa shape index (κ3) is 5.44. The smallest absolute Gasteiger partial charge is 0.123 e. The van der Waals surface area contributed by atoms with Crippen LogP contribution in [0, 0.1) is 5.82 Å². The van der Waals surface area contributed by atoms with Gasteiger partial charge in [-0.25, -0.2) is 4.39 Å². The second kappa shape index (κ2) is 11.1. The third-order valence-corrected chi connectivity index (χ3v) is 8.04. The molecule has 0 saturated carbocycles. The van der Waals surface area contributed by atoms with Crippen LogP contribution in [0.3, 0.4) is 0 Å². The zero-order chi connectivity index (χ0) is 25.9. The summed E-state index contributed by atoms with van der Waals surface area (Å²) >= 11 is 6.44. The van der Waals surface area contributed by atoms with Crippen molar-refractivity contribution in [3.05, 3.63) is 117 Å². The topological polar surface area (TPSA) is 19.0 Å². The van der Waals surface area contributed by atoms with E-state index in [1.165, 1.54) is 50.4 Å². The second-order valence-electron chi connectivity index (χ2n) is 9.95. The Kier molecular flexibility index (Phi) is 7.64. The quantitative estimate of drug-likeness (QED) is 0.273. The van der Waals surface area contributed by atoms with E-state index in [9.17, 15) is 4.39 Å². The standard InChI is InChI=1S/C33H34ClFN2/c1-4-23-7-6-8-24(5-2)30(23)19-26-14-16-37(20-28-18-29(35)10-11-32(28)34)21-31(26)22(3)25-9-12-33-27(17-25)13-15-36-33/h6-13,15,17-19,36H,4-5,14,16,20-21H2,1-3H3/b26-19-,31-22+. The average Bonchev–Trinajstić information content (AvgIpc) is 3.39. The maximum absolute atomic E-state index is 14.0. The predicted molar refractivity (Wildman–Crippen MR) is 155 cm³/mol. The monoisotopic (exact) mass is 512 g/mol. The minimum absolute atomic E-state index is 0.244. The van der Waals surface area contributed by atoms with E-state index < -0.39 is 0 Å². The van der Waals surface area contributed by atoms with Gasteiger partial charge in [0.25, 0.3) is 0 Å². The number of likely N-dealkylation sites (tertiary alicyclic amines) is 1. The summed E-state index contributed by atoms with van der Waals surface area (Å²) in [7, 11) is 0. The zero-order valence-electron chi connectivity index (χ0n) is 21.9. The van der Waals surface area contributed by atoms with Gasteiger partial charge in [0, 0.05) is 36.4 Å². The number of nitrogens with one attached hydrogen (secondary N) is 1. The average molecular weight is 513 g/mol. The molecule has 0 spiro atoms. The molecule has 4 heteroatoms. The Morgan fingerprint density at radius 3 is 2.54 bits per heavy atom. The molecule has 37 heavy (non-hydrogen) atoms. The van der Waals surface area contributed by atoms with Gasteiger partial charge in [-0.15, -0.1) is 0 Å². The van der Waals surface area contributed by atoms with Crippen LogP contribution in [0.5, 0.6) is 0 Å². The maximum Gasteiger partial charge on any atom is 0.123 e. The van der Waals surface area contributed by atoms with Crippen molar-refractivity contribution in [2.45, 2.75) is 46.6 Å². The summed E-state index contributed by atoms with van der Waals surface area (Å²) < 4.78 is 14.0. The number of aromatic amines is 1. The molecule has 0 radical (unpaired) electrons. The molecule has 1 N–H and O–H groups in total. The van der Waals surface area contributed by atoms with Crippen molar-refractivity contribution >= 4 is 34.2 Å². The van der Waals surface area contributed by atoms with Crippen molar-refractivity contribution in [3.8, 4) is 0 Å². The molecule has 2 heterocycles. The van der Waals surface area contributed by atoms with Crippen molar-refractivity contribution in [3.63, 3.8) is 0 Å². The summed E-state index contributed by atoms with van der Waals surface area (Å²) in [5, 5.41) is 1.83. The van der Waals surface area contributed by atoms with Crippen LogP contribution in [0.15, 0.2) is 78.0 Å². The fourth-order valence-corrected chi connectivity index (χ4v) is 5.67. The first-order valence-corrected chi connectivity index (χ1v) is 13.6. The Morgan fingerprint density at radius 1 is 1.00 bits per heavy atom. The lowest BCUT2D eigenvalue weighted by Gasteiger charge is -2.32. The van der Waals surface area contributed by atoms with E-state index in [0.29, 0.717) is 11.6 Å². The van der Waals surface area contributed by atoms with E-state index >= 15 is 0 Å². The Hall–Kier alpha value is -3.14. The van der Waals surface area contributed by atoms with Gasteiger partial charge in [-0.3, -0.25) is 4.90 Å². The van der Waals surface area contributed by atoms with Crippen LogP contribution in [0.4, 0.5) is 4.39 Å². The molecule has 1 aliphatic heterocycles. The molecule has 4 aromatic rings. The highest BCUT2D eigenvalue weighted by Crippen LogP contribution is 2.34. The number of allylic oxidation sites excluding steroid dienone is 1. The first-order valence-electron chi connectivity index (χ1n) is 13.2. The highest BCUT2D eigenvalue weighted by molar-refractivity contribution is 6.31. The lowest BCUT2D eigenvalue weighted by atomic mass is 9.87. The van der Waals surface area contributed by atoms with E-state index in [4.69, 9.17) is 11.6 Å². The highest BCUT2D eigenvalue weighted by atomic mass is 35.5. The zero-order valence-corrected chi connectivity index (χ0v) is 22.6. The van der Waals surface area contributed by atoms with Gasteiger partial charge in [-0.1, -0.05) is 55.8 Å². The predicted octanol–water partition coefficient (Wildman–Crippen LogP) is 8.85. The first kappa shape index (κ1) is 25.5. The molecule has 1 aromatic heterocycles. The molecule has 1 saturated heterocycles. The van der Waals surface area contributed by atoms with Gasteiger partial charge >= 0.3 is 0 Å². The minimum Gasteiger partial charge on any atom is -0.361 e. The second-order valence-corrected chi connectivity index (χ2v) is 10.4. The van der Waals surface area contributed by atoms with Crippen LogP contribution in [-0.4, -0.2) is 23.0 Å². The number of piperidine rings is 1. The molecule has 190 valence electrons. The van der Waals surface area contributed by atoms with Crippen LogP contribution >= 0.6 is 11.6 Å². The van der Waals surface area contributed by atoms with E-state index in [-0.39, 0.29) is 5.82 Å². The molecule has 0 aliphatic carbocycles. The summed E-state index contributed by atoms with van der Waals surface area (Å²) in [5.41, 5.74) is 11.4. The van der Waals surface area contributed by atoms with Crippen molar-refractivity contribution in [2.24, 2.45) is 0 Å². The Morgan fingerprint density at radius 2 is 1.78 bits per heavy atom. The van der Waals surface area contributed by atoms with Crippen molar-refractivity contribution in [1.29, 1.82) is 0 Å². The number of hydrogen-bond acceptors (Lipinski definition) is 1. The van der Waals surface area contributed by atoms with Crippen LogP contribution in [-0.2, 0) is 19.4 Å². The summed E-state index contributed by atoms with van der Waals surface area (Å²) in [4.78, 5) is 5.68. The molecule has 0 unspecified atom stereocenters. The van der Waals surface area contributed by atoms with Crippen LogP contribution in [0.25, 0.3) is 22.6 Å². The van der Waals surface area contributed by atoms with Crippen LogP contribution in [0.2, 0.25) is 5.02 Å². The highest BCUT2D eigenvalue weighted by Gasteiger charge is 2.23. The van der Waals surface area contributed by atoms with Crippen LogP contribution in [0.1, 0.15) is 55.0 Å². The Balaban J connectivity index is 1.58. The van der Waals surface area contributed by atoms with E-state index in [1.807, 2.05) is 6.20 Å². The molecule has 5 rings (SSSR count). The lowest BCUT2D eigenvalue weighted by Crippen LogP contribution is -2.32. The SMILES string of the molecule is CCc1cccc(CC)c1/C=C1/CCN(Cc2cc(F)ccc2Cl)C/C1=C(/C)c1ccc2[nH]ccc2c1. The first-order chi connectivity index (χ1) is 18.0. The number of aromatic nitrogens is 1. The Labute approximate surface area is 224 Å². The molecular formula is C33H34ClFN2. The van der Waals surface area contributed by atoms with E-state index in [1.54, 1.807) is 12.1 Å². The number of fused-ring (bicyclic) bond motifs is 1. The summed E-state index contributed by atoms with van der Waals surface area (Å²) in [6.45, 7) is 9.03. The molecule has 1 fully saturated rings. The van der Waals surface area contributed by atoms with Gasteiger partial charge in [0.05, 0.1) is 0 Å². The lowest BCUT2D eigenvalue weighted by molar-refractivity contribution is 0.277. The molecular weight excluding hydrogens is 479 g/mol. The number of hydrogen-bond donors (Lipinski definition) is 1. The number of rotatable bonds is 6. The molecule has 1 aliphatic rings. The number of halogens is 2. The number of benzene rings is 3. The van der Waals surface area contributed by atoms with Gasteiger partial charge < -0.3 is 4.98 Å². The van der Waals surface area contributed by atoms with Gasteiger partial charge in [0.2, 0.25) is 0 Å². The third-order valence-electron chi connectivity index (χ3n) is 7.67. The summed E-state index contributed by atoms with van der Waals surface area (Å²) in [5.74, 6) is -0.244. The normalized spacial score (nSPS) is 17.1. The fraction of sp³-hybridized carbons (Fsp3) is 0.273. The van der Waals surface area contributed by atoms with E-state index in [2.05, 4.69) is 79.2 Å². The number of H-pyrrole nitrogens is 1. The molecule has 0 amide bonds. The van der Waals surface area contributed by atoms with Crippen molar-refractivity contribution in [1.82, 2.24) is 9.88 Å². The molecule has 0 bridgehead atoms. The maximum atomic E-state index is 14.0. The van der Waals surface area contributed by atoms with Crippen molar-refractivity contribution in [2.75, 3.05) is 13.1 Å². The largest absolute Gasteiger partial charge is 0.361 e. The molecule has 0 atom stereocenters. The Bertz CT molecular complexity index is 1470. The molecule has 3 aromatic carbocycles. The van der Waals surface area contributed by atoms with Gasteiger partial charge in [-0.05, 0) is 113 Å². The fourth-order valence-electron chi connectivity index (χ4n) is 5.50.